The molecule has 2 N–H and O–H groups in total. The molecule has 0 aromatic heterocycles. The van der Waals surface area contributed by atoms with Crippen molar-refractivity contribution in [3.63, 3.8) is 0 Å². The molecule has 0 bridgehead atoms. The number of nitro benzene ring substituents is 1. The van der Waals surface area contributed by atoms with Crippen LogP contribution in [0, 0.1) is 21.4 Å². The van der Waals surface area contributed by atoms with E-state index >= 15 is 0 Å². The van der Waals surface area contributed by atoms with Gasteiger partial charge in [0.15, 0.2) is 5.78 Å². The number of carbonyl (C=O) groups excluding carboxylic acids is 2. The van der Waals surface area contributed by atoms with Gasteiger partial charge >= 0.3 is 5.97 Å². The molecule has 1 rings (SSSR count). The number of nitrogens with two attached hydrogens (primary N) is 1. The molecule has 1 atom stereocenters. The highest BCUT2D eigenvalue weighted by Gasteiger charge is 2.44. The van der Waals surface area contributed by atoms with Gasteiger partial charge in [0, 0.05) is 6.07 Å². The molecule has 8 nitrogen and oxygen atoms in total. The van der Waals surface area contributed by atoms with Crippen molar-refractivity contribution >= 4 is 23.1 Å². The van der Waals surface area contributed by atoms with Crippen LogP contribution in [0.25, 0.3) is 0 Å². The SMILES string of the molecule is CCOC(=O)C(C)(C(C)=O)c1ccc([N+](=O)[O-])c(N)c1C#N. The maximum Gasteiger partial charge on any atom is 0.323 e. The van der Waals surface area contributed by atoms with Crippen LogP contribution in [0.15, 0.2) is 12.1 Å². The predicted octanol–water partition coefficient (Wildman–Crippen LogP) is 1.46. The number of nitrogens with zero attached hydrogens (tertiary/aromatic N) is 2. The van der Waals surface area contributed by atoms with Gasteiger partial charge in [-0.15, -0.1) is 0 Å². The molecule has 0 aliphatic heterocycles. The molecule has 0 saturated carbocycles. The van der Waals surface area contributed by atoms with Gasteiger partial charge in [-0.1, -0.05) is 0 Å². The third-order valence-electron chi connectivity index (χ3n) is 3.46. The average Bonchev–Trinajstić information content (AvgIpc) is 2.45. The summed E-state index contributed by atoms with van der Waals surface area (Å²) in [5, 5.41) is 20.1. The third kappa shape index (κ3) is 2.61. The highest BCUT2D eigenvalue weighted by molar-refractivity contribution is 6.09. The first-order valence-corrected chi connectivity index (χ1v) is 6.37. The summed E-state index contributed by atoms with van der Waals surface area (Å²) < 4.78 is 4.90. The summed E-state index contributed by atoms with van der Waals surface area (Å²) in [6.45, 7) is 4.10. The second-order valence-corrected chi connectivity index (χ2v) is 4.69. The van der Waals surface area contributed by atoms with E-state index in [9.17, 15) is 25.0 Å². The van der Waals surface area contributed by atoms with Gasteiger partial charge in [-0.05, 0) is 32.4 Å². The molecule has 8 heteroatoms. The van der Waals surface area contributed by atoms with Gasteiger partial charge in [0.05, 0.1) is 17.1 Å². The molecule has 0 aliphatic rings. The van der Waals surface area contributed by atoms with E-state index in [1.165, 1.54) is 19.9 Å². The van der Waals surface area contributed by atoms with Crippen molar-refractivity contribution in [1.82, 2.24) is 0 Å². The highest BCUT2D eigenvalue weighted by Crippen LogP contribution is 2.36. The zero-order valence-electron chi connectivity index (χ0n) is 12.4. The summed E-state index contributed by atoms with van der Waals surface area (Å²) in [5.41, 5.74) is 2.74. The van der Waals surface area contributed by atoms with Gasteiger partial charge in [0.25, 0.3) is 5.69 Å². The summed E-state index contributed by atoms with van der Waals surface area (Å²) in [7, 11) is 0. The normalized spacial score (nSPS) is 12.8. The Kier molecular flexibility index (Phi) is 4.83. The summed E-state index contributed by atoms with van der Waals surface area (Å²) >= 11 is 0. The molecule has 1 unspecified atom stereocenters. The number of benzene rings is 1. The topological polar surface area (TPSA) is 136 Å². The van der Waals surface area contributed by atoms with Crippen LogP contribution >= 0.6 is 0 Å². The Morgan fingerprint density at radius 3 is 2.50 bits per heavy atom. The van der Waals surface area contributed by atoms with Gasteiger partial charge in [-0.25, -0.2) is 0 Å². The van der Waals surface area contributed by atoms with Gasteiger partial charge < -0.3 is 10.5 Å². The lowest BCUT2D eigenvalue weighted by Gasteiger charge is -2.26. The summed E-state index contributed by atoms with van der Waals surface area (Å²) in [4.78, 5) is 34.3. The molecule has 0 spiro atoms. The molecule has 116 valence electrons. The monoisotopic (exact) mass is 305 g/mol. The number of nitrogen functional groups attached to an aromatic ring is 1. The fourth-order valence-electron chi connectivity index (χ4n) is 2.02. The number of carbonyl (C=O) groups is 2. The fraction of sp³-hybridized carbons (Fsp3) is 0.357. The van der Waals surface area contributed by atoms with E-state index in [2.05, 4.69) is 0 Å². The number of hydrogen-bond acceptors (Lipinski definition) is 7. The van der Waals surface area contributed by atoms with E-state index in [-0.39, 0.29) is 23.4 Å². The zero-order chi connectivity index (χ0) is 17.1. The smallest absolute Gasteiger partial charge is 0.323 e. The Labute approximate surface area is 126 Å². The lowest BCUT2D eigenvalue weighted by atomic mass is 9.76. The van der Waals surface area contributed by atoms with Gasteiger partial charge in [-0.2, -0.15) is 5.26 Å². The molecule has 0 fully saturated rings. The Morgan fingerprint density at radius 2 is 2.09 bits per heavy atom. The van der Waals surface area contributed by atoms with Crippen molar-refractivity contribution in [2.75, 3.05) is 12.3 Å². The number of nitro groups is 1. The third-order valence-corrected chi connectivity index (χ3v) is 3.46. The van der Waals surface area contributed by atoms with Crippen LogP contribution < -0.4 is 5.73 Å². The summed E-state index contributed by atoms with van der Waals surface area (Å²) in [6, 6.07) is 3.97. The van der Waals surface area contributed by atoms with Crippen LogP contribution in [-0.4, -0.2) is 23.3 Å². The van der Waals surface area contributed by atoms with E-state index in [0.717, 1.165) is 6.07 Å². The second kappa shape index (κ2) is 6.22. The number of ketones is 1. The van der Waals surface area contributed by atoms with Crippen LogP contribution in [0.1, 0.15) is 31.9 Å². The Morgan fingerprint density at radius 1 is 1.50 bits per heavy atom. The van der Waals surface area contributed by atoms with Crippen LogP contribution in [0.5, 0.6) is 0 Å². The largest absolute Gasteiger partial charge is 0.465 e. The summed E-state index contributed by atoms with van der Waals surface area (Å²) in [5.74, 6) is -1.40. The number of Topliss-reactive ketones (excluding diaryl/α,β-unsaturated/α-hetero) is 1. The van der Waals surface area contributed by atoms with Crippen molar-refractivity contribution in [3.05, 3.63) is 33.4 Å². The Balaban J connectivity index is 3.69. The Bertz CT molecular complexity index is 692. The van der Waals surface area contributed by atoms with Crippen LogP contribution in [0.4, 0.5) is 11.4 Å². The number of nitriles is 1. The molecule has 0 amide bonds. The second-order valence-electron chi connectivity index (χ2n) is 4.69. The van der Waals surface area contributed by atoms with Gasteiger partial charge in [0.1, 0.15) is 17.2 Å². The Hall–Kier alpha value is -2.95. The molecule has 0 radical (unpaired) electrons. The van der Waals surface area contributed by atoms with Crippen LogP contribution in [0.2, 0.25) is 0 Å². The minimum Gasteiger partial charge on any atom is -0.465 e. The van der Waals surface area contributed by atoms with E-state index in [1.54, 1.807) is 13.0 Å². The number of hydrogen-bond donors (Lipinski definition) is 1. The van der Waals surface area contributed by atoms with Gasteiger partial charge in [0.2, 0.25) is 0 Å². The van der Waals surface area contributed by atoms with E-state index in [0.29, 0.717) is 0 Å². The zero-order valence-corrected chi connectivity index (χ0v) is 12.4. The molecular weight excluding hydrogens is 290 g/mol. The average molecular weight is 305 g/mol. The quantitative estimate of drug-likeness (QED) is 0.286. The van der Waals surface area contributed by atoms with Crippen LogP contribution in [-0.2, 0) is 19.7 Å². The van der Waals surface area contributed by atoms with E-state index in [4.69, 9.17) is 10.5 Å². The van der Waals surface area contributed by atoms with Crippen molar-refractivity contribution in [2.24, 2.45) is 0 Å². The maximum absolute atomic E-state index is 12.2. The van der Waals surface area contributed by atoms with Crippen molar-refractivity contribution in [1.29, 1.82) is 5.26 Å². The molecule has 1 aromatic carbocycles. The highest BCUT2D eigenvalue weighted by atomic mass is 16.6. The molecule has 22 heavy (non-hydrogen) atoms. The molecule has 0 aliphatic carbocycles. The number of ether oxygens (including phenoxy) is 1. The first-order chi connectivity index (χ1) is 10.2. The maximum atomic E-state index is 12.2. The van der Waals surface area contributed by atoms with Gasteiger partial charge in [-0.3, -0.25) is 19.7 Å². The minimum atomic E-state index is -1.76. The van der Waals surface area contributed by atoms with Crippen molar-refractivity contribution in [3.8, 4) is 6.07 Å². The molecular formula is C14H15N3O5. The van der Waals surface area contributed by atoms with E-state index in [1.807, 2.05) is 0 Å². The van der Waals surface area contributed by atoms with Crippen molar-refractivity contribution < 1.29 is 19.2 Å². The lowest BCUT2D eigenvalue weighted by Crippen LogP contribution is -2.41. The molecule has 0 saturated heterocycles. The standard InChI is InChI=1S/C14H15N3O5/c1-4-22-13(19)14(3,8(2)18)10-5-6-11(17(20)21)12(16)9(10)7-15/h5-6H,4,16H2,1-3H3. The van der Waals surface area contributed by atoms with Crippen LogP contribution in [0.3, 0.4) is 0 Å². The number of esters is 1. The first kappa shape index (κ1) is 17.1. The first-order valence-electron chi connectivity index (χ1n) is 6.37. The number of anilines is 1. The molecule has 1 aromatic rings. The van der Waals surface area contributed by atoms with Crippen molar-refractivity contribution in [2.45, 2.75) is 26.2 Å². The number of rotatable bonds is 5. The molecule has 0 heterocycles. The lowest BCUT2D eigenvalue weighted by molar-refractivity contribution is -0.383. The minimum absolute atomic E-state index is 0.0101. The van der Waals surface area contributed by atoms with E-state index < -0.39 is 27.8 Å². The fourth-order valence-corrected chi connectivity index (χ4v) is 2.02. The predicted molar refractivity (Wildman–Crippen MR) is 76.9 cm³/mol. The summed E-state index contributed by atoms with van der Waals surface area (Å²) in [6.07, 6.45) is 0.